The van der Waals surface area contributed by atoms with E-state index in [1.807, 2.05) is 6.07 Å². The Balaban J connectivity index is 1.57. The molecule has 1 aliphatic carbocycles. The van der Waals surface area contributed by atoms with Crippen molar-refractivity contribution in [3.63, 3.8) is 0 Å². The van der Waals surface area contributed by atoms with Gasteiger partial charge in [0.1, 0.15) is 0 Å². The van der Waals surface area contributed by atoms with Crippen LogP contribution >= 0.6 is 0 Å². The van der Waals surface area contributed by atoms with Crippen LogP contribution in [0.5, 0.6) is 0 Å². The number of hydrazone groups is 1. The van der Waals surface area contributed by atoms with Gasteiger partial charge in [-0.3, -0.25) is 9.78 Å². The van der Waals surface area contributed by atoms with Crippen molar-refractivity contribution in [2.45, 2.75) is 38.1 Å². The fourth-order valence-electron chi connectivity index (χ4n) is 2.85. The van der Waals surface area contributed by atoms with E-state index in [2.05, 4.69) is 32.5 Å². The van der Waals surface area contributed by atoms with Crippen LogP contribution in [-0.4, -0.2) is 21.7 Å². The highest BCUT2D eigenvalue weighted by Crippen LogP contribution is 2.28. The van der Waals surface area contributed by atoms with Gasteiger partial charge in [-0.15, -0.1) is 0 Å². The third kappa shape index (κ3) is 3.61. The van der Waals surface area contributed by atoms with Crippen LogP contribution in [0.2, 0.25) is 0 Å². The molecular weight excluding hydrogens is 276 g/mol. The molecule has 1 saturated carbocycles. The number of aromatic nitrogens is 2. The number of hydrogen-bond donors (Lipinski definition) is 1. The van der Waals surface area contributed by atoms with Crippen LogP contribution in [0.4, 0.5) is 0 Å². The Labute approximate surface area is 130 Å². The SMILES string of the molecule is O=C(N/N=C\c1ccn(C2CCCCC2)c1)c1ccncc1. The van der Waals surface area contributed by atoms with Crippen molar-refractivity contribution in [3.8, 4) is 0 Å². The monoisotopic (exact) mass is 296 g/mol. The van der Waals surface area contributed by atoms with E-state index < -0.39 is 0 Å². The standard InChI is InChI=1S/C17H20N4O/c22-17(15-6-9-18-10-7-15)20-19-12-14-8-11-21(13-14)16-4-2-1-3-5-16/h6-13,16H,1-5H2,(H,20,22)/b19-12-. The van der Waals surface area contributed by atoms with Crippen LogP contribution in [0.3, 0.4) is 0 Å². The molecule has 0 bridgehead atoms. The summed E-state index contributed by atoms with van der Waals surface area (Å²) in [7, 11) is 0. The van der Waals surface area contributed by atoms with E-state index >= 15 is 0 Å². The summed E-state index contributed by atoms with van der Waals surface area (Å²) in [4.78, 5) is 15.7. The smallest absolute Gasteiger partial charge is 0.271 e. The molecule has 1 fully saturated rings. The average Bonchev–Trinajstić information content (AvgIpc) is 3.05. The van der Waals surface area contributed by atoms with Gasteiger partial charge >= 0.3 is 0 Å². The number of pyridine rings is 1. The predicted octanol–water partition coefficient (Wildman–Crippen LogP) is 3.15. The molecule has 0 unspecified atom stereocenters. The minimum absolute atomic E-state index is 0.231. The van der Waals surface area contributed by atoms with Crippen LogP contribution in [0.25, 0.3) is 0 Å². The average molecular weight is 296 g/mol. The van der Waals surface area contributed by atoms with Gasteiger partial charge in [0, 0.05) is 42.0 Å². The van der Waals surface area contributed by atoms with E-state index in [-0.39, 0.29) is 5.91 Å². The zero-order valence-corrected chi connectivity index (χ0v) is 12.5. The van der Waals surface area contributed by atoms with Crippen molar-refractivity contribution in [3.05, 3.63) is 54.1 Å². The lowest BCUT2D eigenvalue weighted by molar-refractivity contribution is 0.0955. The Hall–Kier alpha value is -2.43. The molecular formula is C17H20N4O. The molecule has 0 radical (unpaired) electrons. The molecule has 0 saturated heterocycles. The summed E-state index contributed by atoms with van der Waals surface area (Å²) in [5, 5.41) is 4.02. The normalized spacial score (nSPS) is 16.0. The van der Waals surface area contributed by atoms with Crippen molar-refractivity contribution in [2.24, 2.45) is 5.10 Å². The van der Waals surface area contributed by atoms with Gasteiger partial charge in [-0.2, -0.15) is 5.10 Å². The largest absolute Gasteiger partial charge is 0.351 e. The number of hydrogen-bond acceptors (Lipinski definition) is 3. The lowest BCUT2D eigenvalue weighted by Crippen LogP contribution is -2.17. The molecule has 0 spiro atoms. The molecule has 22 heavy (non-hydrogen) atoms. The molecule has 3 rings (SSSR count). The van der Waals surface area contributed by atoms with Gasteiger partial charge < -0.3 is 4.57 Å². The third-order valence-electron chi connectivity index (χ3n) is 4.06. The second kappa shape index (κ2) is 7.02. The Kier molecular flexibility index (Phi) is 4.63. The Morgan fingerprint density at radius 3 is 2.77 bits per heavy atom. The fourth-order valence-corrected chi connectivity index (χ4v) is 2.85. The molecule has 5 nitrogen and oxygen atoms in total. The van der Waals surface area contributed by atoms with E-state index in [0.717, 1.165) is 5.56 Å². The third-order valence-corrected chi connectivity index (χ3v) is 4.06. The summed E-state index contributed by atoms with van der Waals surface area (Å²) in [5.41, 5.74) is 4.08. The topological polar surface area (TPSA) is 59.3 Å². The first-order valence-corrected chi connectivity index (χ1v) is 7.74. The van der Waals surface area contributed by atoms with Crippen molar-refractivity contribution in [2.75, 3.05) is 0 Å². The fraction of sp³-hybridized carbons (Fsp3) is 0.353. The van der Waals surface area contributed by atoms with E-state index in [0.29, 0.717) is 11.6 Å². The Morgan fingerprint density at radius 2 is 2.00 bits per heavy atom. The van der Waals surface area contributed by atoms with Crippen LogP contribution in [-0.2, 0) is 0 Å². The Bertz CT molecular complexity index is 642. The zero-order valence-electron chi connectivity index (χ0n) is 12.5. The summed E-state index contributed by atoms with van der Waals surface area (Å²) in [6.07, 6.45) is 15.5. The van der Waals surface area contributed by atoms with Crippen molar-refractivity contribution in [1.29, 1.82) is 0 Å². The Morgan fingerprint density at radius 1 is 1.23 bits per heavy atom. The van der Waals surface area contributed by atoms with Crippen molar-refractivity contribution < 1.29 is 4.79 Å². The summed E-state index contributed by atoms with van der Waals surface area (Å²) >= 11 is 0. The molecule has 2 aromatic rings. The summed E-state index contributed by atoms with van der Waals surface area (Å²) < 4.78 is 2.27. The van der Waals surface area contributed by atoms with Gasteiger partial charge in [-0.25, -0.2) is 5.43 Å². The van der Waals surface area contributed by atoms with Crippen molar-refractivity contribution in [1.82, 2.24) is 15.0 Å². The maximum atomic E-state index is 11.8. The van der Waals surface area contributed by atoms with E-state index in [9.17, 15) is 4.79 Å². The molecule has 0 atom stereocenters. The molecule has 2 heterocycles. The highest BCUT2D eigenvalue weighted by molar-refractivity contribution is 5.94. The lowest BCUT2D eigenvalue weighted by Gasteiger charge is -2.23. The quantitative estimate of drug-likeness (QED) is 0.696. The molecule has 1 N–H and O–H groups in total. The number of nitrogens with zero attached hydrogens (tertiary/aromatic N) is 3. The minimum Gasteiger partial charge on any atom is -0.351 e. The highest BCUT2D eigenvalue weighted by Gasteiger charge is 2.14. The minimum atomic E-state index is -0.231. The van der Waals surface area contributed by atoms with E-state index in [4.69, 9.17) is 0 Å². The molecule has 0 aromatic carbocycles. The molecule has 1 aliphatic rings. The van der Waals surface area contributed by atoms with Crippen LogP contribution < -0.4 is 5.43 Å². The molecule has 0 aliphatic heterocycles. The predicted molar refractivity (Wildman–Crippen MR) is 85.9 cm³/mol. The van der Waals surface area contributed by atoms with E-state index in [1.165, 1.54) is 32.1 Å². The number of carbonyl (C=O) groups is 1. The zero-order chi connectivity index (χ0) is 15.2. The van der Waals surface area contributed by atoms with Gasteiger partial charge in [0.2, 0.25) is 0 Å². The first-order valence-electron chi connectivity index (χ1n) is 7.74. The molecule has 2 aromatic heterocycles. The van der Waals surface area contributed by atoms with Gasteiger partial charge in [0.25, 0.3) is 5.91 Å². The molecule has 1 amide bonds. The number of rotatable bonds is 4. The van der Waals surface area contributed by atoms with E-state index in [1.54, 1.807) is 30.7 Å². The first-order chi connectivity index (χ1) is 10.8. The second-order valence-corrected chi connectivity index (χ2v) is 5.62. The van der Waals surface area contributed by atoms with Crippen LogP contribution in [0, 0.1) is 0 Å². The number of amides is 1. The summed E-state index contributed by atoms with van der Waals surface area (Å²) in [5.74, 6) is -0.231. The van der Waals surface area contributed by atoms with Gasteiger partial charge in [0.15, 0.2) is 0 Å². The summed E-state index contributed by atoms with van der Waals surface area (Å²) in [6.45, 7) is 0. The van der Waals surface area contributed by atoms with Crippen LogP contribution in [0.15, 0.2) is 48.1 Å². The molecule has 5 heteroatoms. The second-order valence-electron chi connectivity index (χ2n) is 5.62. The highest BCUT2D eigenvalue weighted by atomic mass is 16.2. The maximum Gasteiger partial charge on any atom is 0.271 e. The van der Waals surface area contributed by atoms with Crippen LogP contribution in [0.1, 0.15) is 54.1 Å². The maximum absolute atomic E-state index is 11.8. The van der Waals surface area contributed by atoms with Gasteiger partial charge in [-0.05, 0) is 31.0 Å². The number of nitrogens with one attached hydrogen (secondary N) is 1. The van der Waals surface area contributed by atoms with Gasteiger partial charge in [-0.1, -0.05) is 19.3 Å². The molecule has 114 valence electrons. The lowest BCUT2D eigenvalue weighted by atomic mass is 9.95. The van der Waals surface area contributed by atoms with Crippen molar-refractivity contribution >= 4 is 12.1 Å². The summed E-state index contributed by atoms with van der Waals surface area (Å²) in [6, 6.07) is 5.95. The first kappa shape index (κ1) is 14.5. The number of carbonyl (C=O) groups excluding carboxylic acids is 1. The van der Waals surface area contributed by atoms with Gasteiger partial charge in [0.05, 0.1) is 6.21 Å².